The molecule has 3 rings (SSSR count). The fourth-order valence-electron chi connectivity index (χ4n) is 4.35. The first kappa shape index (κ1) is 34.9. The van der Waals surface area contributed by atoms with Crippen LogP contribution in [0.3, 0.4) is 0 Å². The van der Waals surface area contributed by atoms with Crippen LogP contribution in [0.15, 0.2) is 36.4 Å². The Balaban J connectivity index is 0.00000400. The Labute approximate surface area is 245 Å². The minimum Gasteiger partial charge on any atom is -0.508 e. The van der Waals surface area contributed by atoms with Gasteiger partial charge in [0.05, 0.1) is 18.2 Å². The van der Waals surface area contributed by atoms with Gasteiger partial charge in [0, 0.05) is 32.9 Å². The van der Waals surface area contributed by atoms with Gasteiger partial charge in [0.15, 0.2) is 0 Å². The van der Waals surface area contributed by atoms with E-state index in [-0.39, 0.29) is 62.1 Å². The van der Waals surface area contributed by atoms with E-state index in [2.05, 4.69) is 5.32 Å². The van der Waals surface area contributed by atoms with Crippen LogP contribution in [0.25, 0.3) is 11.1 Å². The summed E-state index contributed by atoms with van der Waals surface area (Å²) in [4.78, 5) is 40.9. The molecule has 0 radical (unpaired) electrons. The van der Waals surface area contributed by atoms with Gasteiger partial charge >= 0.3 is 5.97 Å². The van der Waals surface area contributed by atoms with Crippen molar-refractivity contribution < 1.29 is 34.4 Å². The molecule has 4 atom stereocenters. The highest BCUT2D eigenvalue weighted by atomic mass is 35.5. The van der Waals surface area contributed by atoms with Crippen molar-refractivity contribution in [1.29, 1.82) is 0 Å². The Bertz CT molecular complexity index is 1200. The van der Waals surface area contributed by atoms with E-state index in [1.807, 2.05) is 0 Å². The van der Waals surface area contributed by atoms with Crippen molar-refractivity contribution in [3.8, 4) is 22.6 Å². The van der Waals surface area contributed by atoms with Crippen LogP contribution >= 0.6 is 24.8 Å². The molecule has 1 heterocycles. The molecule has 0 fully saturated rings. The van der Waals surface area contributed by atoms with Crippen molar-refractivity contribution in [2.45, 2.75) is 63.4 Å². The average Bonchev–Trinajstić information content (AvgIpc) is 2.87. The monoisotopic (exact) mass is 600 g/mol. The highest BCUT2D eigenvalue weighted by Gasteiger charge is 2.36. The molecule has 11 nitrogen and oxygen atoms in total. The molecule has 2 amide bonds. The molecular formula is C27H38Cl2N4O7. The zero-order valence-electron chi connectivity index (χ0n) is 22.6. The summed E-state index contributed by atoms with van der Waals surface area (Å²) in [5.74, 6) is -2.18. The lowest BCUT2D eigenvalue weighted by Gasteiger charge is -2.32. The number of nitrogens with two attached hydrogens (primary N) is 2. The molecule has 2 aromatic rings. The first-order valence-corrected chi connectivity index (χ1v) is 12.5. The van der Waals surface area contributed by atoms with E-state index < -0.39 is 48.1 Å². The fourth-order valence-corrected chi connectivity index (χ4v) is 4.35. The number of aliphatic hydroxyl groups excluding tert-OH is 1. The number of aliphatic hydroxyl groups is 1. The number of ether oxygens (including phenoxy) is 1. The lowest BCUT2D eigenvalue weighted by molar-refractivity contribution is -0.158. The predicted molar refractivity (Wildman–Crippen MR) is 154 cm³/mol. The van der Waals surface area contributed by atoms with Gasteiger partial charge in [-0.05, 0) is 60.4 Å². The van der Waals surface area contributed by atoms with E-state index in [0.29, 0.717) is 22.3 Å². The number of carbonyl (C=O) groups excluding carboxylic acids is 3. The van der Waals surface area contributed by atoms with Gasteiger partial charge in [0.25, 0.3) is 0 Å². The Morgan fingerprint density at radius 1 is 1.05 bits per heavy atom. The van der Waals surface area contributed by atoms with Gasteiger partial charge in [0.1, 0.15) is 23.6 Å². The number of hydrogen-bond acceptors (Lipinski definition) is 9. The van der Waals surface area contributed by atoms with Gasteiger partial charge in [-0.1, -0.05) is 12.1 Å². The van der Waals surface area contributed by atoms with E-state index in [1.165, 1.54) is 19.2 Å². The van der Waals surface area contributed by atoms with E-state index in [9.17, 15) is 29.7 Å². The fraction of sp³-hybridized carbons (Fsp3) is 0.444. The number of phenols is 2. The number of rotatable bonds is 5. The molecule has 0 spiro atoms. The van der Waals surface area contributed by atoms with E-state index >= 15 is 0 Å². The molecule has 0 saturated carbocycles. The van der Waals surface area contributed by atoms with Gasteiger partial charge in [-0.25, -0.2) is 4.79 Å². The van der Waals surface area contributed by atoms with Crippen LogP contribution in [0.5, 0.6) is 11.5 Å². The molecule has 40 heavy (non-hydrogen) atoms. The quantitative estimate of drug-likeness (QED) is 0.272. The van der Waals surface area contributed by atoms with Gasteiger partial charge in [-0.15, -0.1) is 24.8 Å². The van der Waals surface area contributed by atoms with E-state index in [1.54, 1.807) is 38.1 Å². The number of amides is 2. The number of hydrogen-bond donors (Lipinski definition) is 6. The Kier molecular flexibility index (Phi) is 13.2. The summed E-state index contributed by atoms with van der Waals surface area (Å²) in [5, 5.41) is 33.8. The van der Waals surface area contributed by atoms with E-state index in [0.717, 1.165) is 4.90 Å². The maximum absolute atomic E-state index is 13.6. The number of likely N-dealkylation sites (N-methyl/N-ethyl adjacent to an activating group) is 1. The SMILES string of the molecule is CC(C)OC(=O)[C@@H]1Cc2cc(ccc2O)-c2ccc(O)c(c2)C[C@H](N)C(=O)N[C@@H](C[C@@H](O)CN)C(=O)N1C.Cl.Cl. The van der Waals surface area contributed by atoms with Gasteiger partial charge < -0.3 is 41.7 Å². The topological polar surface area (TPSA) is 188 Å². The molecule has 13 heteroatoms. The van der Waals surface area contributed by atoms with Gasteiger partial charge in [-0.3, -0.25) is 9.59 Å². The number of halogens is 2. The van der Waals surface area contributed by atoms with Crippen LogP contribution in [0.2, 0.25) is 0 Å². The molecular weight excluding hydrogens is 563 g/mol. The maximum Gasteiger partial charge on any atom is 0.329 e. The minimum atomic E-state index is -1.25. The molecule has 1 aliphatic heterocycles. The van der Waals surface area contributed by atoms with Crippen LogP contribution in [-0.2, 0) is 32.0 Å². The molecule has 0 aromatic heterocycles. The van der Waals surface area contributed by atoms with Crippen molar-refractivity contribution in [1.82, 2.24) is 10.2 Å². The number of carbonyl (C=O) groups is 3. The standard InChI is InChI=1S/C27H36N4O7.2ClH/c1-14(2)38-27(37)22-11-18-9-16(5-7-24(18)34)15-4-6-23(33)17(8-15)10-20(29)25(35)30-21(12-19(32)13-28)26(36)31(22)3;;/h4-9,14,19-22,32-34H,10-13,28-29H2,1-3H3,(H,30,35);2*1H/t19-,20+,21+,22+;;/m1../s1. The third kappa shape index (κ3) is 8.45. The second-order valence-corrected chi connectivity index (χ2v) is 9.84. The van der Waals surface area contributed by atoms with Crippen LogP contribution in [-0.4, -0.2) is 81.9 Å². The molecule has 1 aliphatic rings. The predicted octanol–water partition coefficient (Wildman–Crippen LogP) is 1.01. The van der Waals surface area contributed by atoms with Crippen LogP contribution in [0.1, 0.15) is 31.4 Å². The summed E-state index contributed by atoms with van der Waals surface area (Å²) in [5.41, 5.74) is 13.9. The summed E-state index contributed by atoms with van der Waals surface area (Å²) in [6.45, 7) is 3.19. The average molecular weight is 602 g/mol. The van der Waals surface area contributed by atoms with Crippen LogP contribution in [0, 0.1) is 0 Å². The number of nitrogens with one attached hydrogen (secondary N) is 1. The summed E-state index contributed by atoms with van der Waals surface area (Å²) >= 11 is 0. The second kappa shape index (κ2) is 15.1. The van der Waals surface area contributed by atoms with Crippen molar-refractivity contribution in [2.75, 3.05) is 13.6 Å². The first-order valence-electron chi connectivity index (χ1n) is 12.5. The Morgan fingerprint density at radius 2 is 1.57 bits per heavy atom. The third-order valence-electron chi connectivity index (χ3n) is 6.52. The molecule has 0 saturated heterocycles. The lowest BCUT2D eigenvalue weighted by Crippen LogP contribution is -2.57. The van der Waals surface area contributed by atoms with Crippen molar-refractivity contribution >= 4 is 42.6 Å². The number of phenolic OH excluding ortho intramolecular Hbond substituents is 2. The van der Waals surface area contributed by atoms with Crippen molar-refractivity contribution in [2.24, 2.45) is 11.5 Å². The highest BCUT2D eigenvalue weighted by molar-refractivity contribution is 5.92. The molecule has 8 N–H and O–H groups in total. The van der Waals surface area contributed by atoms with Gasteiger partial charge in [-0.2, -0.15) is 0 Å². The van der Waals surface area contributed by atoms with Crippen molar-refractivity contribution in [3.05, 3.63) is 47.5 Å². The summed E-state index contributed by atoms with van der Waals surface area (Å²) in [7, 11) is 1.39. The van der Waals surface area contributed by atoms with E-state index in [4.69, 9.17) is 16.2 Å². The van der Waals surface area contributed by atoms with Gasteiger partial charge in [0.2, 0.25) is 11.8 Å². The number of benzene rings is 2. The number of esters is 1. The lowest BCUT2D eigenvalue weighted by atomic mass is 9.95. The normalized spacial score (nSPS) is 20.3. The smallest absolute Gasteiger partial charge is 0.329 e. The van der Waals surface area contributed by atoms with Crippen molar-refractivity contribution in [3.63, 3.8) is 0 Å². The highest BCUT2D eigenvalue weighted by Crippen LogP contribution is 2.31. The van der Waals surface area contributed by atoms with Crippen LogP contribution < -0.4 is 16.8 Å². The molecule has 222 valence electrons. The summed E-state index contributed by atoms with van der Waals surface area (Å²) < 4.78 is 5.41. The Morgan fingerprint density at radius 3 is 2.08 bits per heavy atom. The zero-order valence-corrected chi connectivity index (χ0v) is 24.2. The molecule has 4 bridgehead atoms. The second-order valence-electron chi connectivity index (χ2n) is 9.84. The number of nitrogens with zero attached hydrogens (tertiary/aromatic N) is 1. The molecule has 0 aliphatic carbocycles. The third-order valence-corrected chi connectivity index (χ3v) is 6.52. The molecule has 2 aromatic carbocycles. The summed E-state index contributed by atoms with van der Waals surface area (Å²) in [6.07, 6.45) is -1.91. The maximum atomic E-state index is 13.6. The minimum absolute atomic E-state index is 0. The molecule has 0 unspecified atom stereocenters. The van der Waals surface area contributed by atoms with Crippen LogP contribution in [0.4, 0.5) is 0 Å². The first-order chi connectivity index (χ1) is 17.9. The largest absolute Gasteiger partial charge is 0.508 e. The number of aromatic hydroxyl groups is 2. The number of fused-ring (bicyclic) bond motifs is 5. The zero-order chi connectivity index (χ0) is 28.1. The Hall–Kier alpha value is -3.09. The summed E-state index contributed by atoms with van der Waals surface area (Å²) in [6, 6.07) is 6.18.